The maximum Gasteiger partial charge on any atom is 0.257 e. The number of piperazine rings is 1. The lowest BCUT2D eigenvalue weighted by molar-refractivity contribution is 0.102. The predicted molar refractivity (Wildman–Crippen MR) is 120 cm³/mol. The average Bonchev–Trinajstić information content (AvgIpc) is 3.21. The lowest BCUT2D eigenvalue weighted by Gasteiger charge is -2.31. The molecule has 8 nitrogen and oxygen atoms in total. The van der Waals surface area contributed by atoms with Crippen LogP contribution in [-0.2, 0) is 16.4 Å². The number of sulfonamides is 1. The lowest BCUT2D eigenvalue weighted by atomic mass is 10.2. The molecule has 0 bridgehead atoms. The number of rotatable bonds is 6. The Morgan fingerprint density at radius 3 is 2.52 bits per heavy atom. The van der Waals surface area contributed by atoms with Gasteiger partial charge < -0.3 is 4.90 Å². The normalized spacial score (nSPS) is 15.6. The second-order valence-electron chi connectivity index (χ2n) is 7.35. The largest absolute Gasteiger partial charge is 0.304 e. The fraction of sp³-hybridized carbons (Fsp3) is 0.286. The van der Waals surface area contributed by atoms with E-state index in [2.05, 4.69) is 20.4 Å². The van der Waals surface area contributed by atoms with Crippen LogP contribution in [0.15, 0.2) is 59.5 Å². The van der Waals surface area contributed by atoms with Gasteiger partial charge in [-0.05, 0) is 30.8 Å². The summed E-state index contributed by atoms with van der Waals surface area (Å²) in [5, 5.41) is 12.0. The molecular formula is C21H23N5O3S2. The number of aromatic nitrogens is 2. The molecule has 0 atom stereocenters. The van der Waals surface area contributed by atoms with Crippen LogP contribution in [0, 0.1) is 0 Å². The van der Waals surface area contributed by atoms with E-state index in [4.69, 9.17) is 0 Å². The molecule has 31 heavy (non-hydrogen) atoms. The molecule has 1 amide bonds. The highest BCUT2D eigenvalue weighted by Gasteiger charge is 2.28. The molecular weight excluding hydrogens is 434 g/mol. The molecule has 1 N–H and O–H groups in total. The third-order valence-corrected chi connectivity index (χ3v) is 7.82. The van der Waals surface area contributed by atoms with Gasteiger partial charge in [-0.3, -0.25) is 10.1 Å². The third kappa shape index (κ3) is 5.16. The standard InChI is InChI=1S/C21H23N5O3S2/c1-25-10-12-26(13-11-25)31(28,29)18-9-5-8-17(15-18)20(27)22-21-24-23-19(30-21)14-16-6-3-2-4-7-16/h2-9,15H,10-14H2,1H3,(H,22,24,27). The van der Waals surface area contributed by atoms with Gasteiger partial charge in [0.1, 0.15) is 5.01 Å². The number of benzene rings is 2. The molecule has 1 fully saturated rings. The highest BCUT2D eigenvalue weighted by molar-refractivity contribution is 7.89. The van der Waals surface area contributed by atoms with E-state index in [1.54, 1.807) is 12.1 Å². The molecule has 1 aliphatic rings. The van der Waals surface area contributed by atoms with Crippen molar-refractivity contribution < 1.29 is 13.2 Å². The van der Waals surface area contributed by atoms with Gasteiger partial charge in [0.25, 0.3) is 5.91 Å². The van der Waals surface area contributed by atoms with E-state index in [1.165, 1.54) is 27.8 Å². The average molecular weight is 458 g/mol. The van der Waals surface area contributed by atoms with Gasteiger partial charge in [0.2, 0.25) is 15.2 Å². The van der Waals surface area contributed by atoms with Crippen LogP contribution in [0.2, 0.25) is 0 Å². The van der Waals surface area contributed by atoms with Crippen molar-refractivity contribution in [3.8, 4) is 0 Å². The van der Waals surface area contributed by atoms with Gasteiger partial charge in [-0.1, -0.05) is 47.7 Å². The minimum absolute atomic E-state index is 0.117. The van der Waals surface area contributed by atoms with Crippen LogP contribution in [-0.4, -0.2) is 67.0 Å². The zero-order valence-corrected chi connectivity index (χ0v) is 18.7. The van der Waals surface area contributed by atoms with Gasteiger partial charge in [0, 0.05) is 38.2 Å². The lowest BCUT2D eigenvalue weighted by Crippen LogP contribution is -2.47. The van der Waals surface area contributed by atoms with Gasteiger partial charge in [-0.15, -0.1) is 10.2 Å². The summed E-state index contributed by atoms with van der Waals surface area (Å²) < 4.78 is 27.4. The molecule has 0 radical (unpaired) electrons. The van der Waals surface area contributed by atoms with Gasteiger partial charge >= 0.3 is 0 Å². The summed E-state index contributed by atoms with van der Waals surface area (Å²) in [4.78, 5) is 14.9. The molecule has 1 aromatic heterocycles. The zero-order valence-electron chi connectivity index (χ0n) is 17.1. The monoisotopic (exact) mass is 457 g/mol. The molecule has 1 saturated heterocycles. The van der Waals surface area contributed by atoms with Crippen molar-refractivity contribution in [3.63, 3.8) is 0 Å². The SMILES string of the molecule is CN1CCN(S(=O)(=O)c2cccc(C(=O)Nc3nnc(Cc4ccccc4)s3)c2)CC1. The molecule has 4 rings (SSSR count). The van der Waals surface area contributed by atoms with Crippen LogP contribution < -0.4 is 5.32 Å². The Kier molecular flexibility index (Phi) is 6.42. The number of amides is 1. The van der Waals surface area contributed by atoms with Crippen molar-refractivity contribution in [2.24, 2.45) is 0 Å². The van der Waals surface area contributed by atoms with E-state index < -0.39 is 15.9 Å². The van der Waals surface area contributed by atoms with Crippen LogP contribution in [0.3, 0.4) is 0 Å². The molecule has 0 unspecified atom stereocenters. The van der Waals surface area contributed by atoms with Gasteiger partial charge in [-0.25, -0.2) is 8.42 Å². The number of nitrogens with zero attached hydrogens (tertiary/aromatic N) is 4. The maximum absolute atomic E-state index is 13.0. The maximum atomic E-state index is 13.0. The van der Waals surface area contributed by atoms with E-state index in [1.807, 2.05) is 37.4 Å². The van der Waals surface area contributed by atoms with Crippen LogP contribution in [0.4, 0.5) is 5.13 Å². The second-order valence-corrected chi connectivity index (χ2v) is 10.4. The van der Waals surface area contributed by atoms with Crippen molar-refractivity contribution in [2.45, 2.75) is 11.3 Å². The van der Waals surface area contributed by atoms with Crippen LogP contribution in [0.25, 0.3) is 0 Å². The van der Waals surface area contributed by atoms with Crippen LogP contribution in [0.5, 0.6) is 0 Å². The number of carbonyl (C=O) groups is 1. The fourth-order valence-electron chi connectivity index (χ4n) is 3.29. The number of anilines is 1. The number of likely N-dealkylation sites (N-methyl/N-ethyl adjacent to an activating group) is 1. The molecule has 2 aromatic carbocycles. The Morgan fingerprint density at radius 1 is 1.03 bits per heavy atom. The number of nitrogens with one attached hydrogen (secondary N) is 1. The Bertz CT molecular complexity index is 1160. The summed E-state index contributed by atoms with van der Waals surface area (Å²) in [6.45, 7) is 2.23. The first-order valence-electron chi connectivity index (χ1n) is 9.88. The molecule has 2 heterocycles. The van der Waals surface area contributed by atoms with Gasteiger partial charge in [0.05, 0.1) is 4.90 Å². The van der Waals surface area contributed by atoms with Crippen molar-refractivity contribution in [2.75, 3.05) is 38.5 Å². The zero-order chi connectivity index (χ0) is 21.8. The minimum Gasteiger partial charge on any atom is -0.304 e. The van der Waals surface area contributed by atoms with E-state index in [0.29, 0.717) is 37.7 Å². The van der Waals surface area contributed by atoms with Crippen LogP contribution >= 0.6 is 11.3 Å². The summed E-state index contributed by atoms with van der Waals surface area (Å²) in [6, 6.07) is 16.0. The topological polar surface area (TPSA) is 95.5 Å². The molecule has 10 heteroatoms. The molecule has 162 valence electrons. The fourth-order valence-corrected chi connectivity index (χ4v) is 5.53. The van der Waals surface area contributed by atoms with Crippen LogP contribution in [0.1, 0.15) is 20.9 Å². The first kappa shape index (κ1) is 21.6. The summed E-state index contributed by atoms with van der Waals surface area (Å²) in [5.74, 6) is -0.419. The Labute approximate surface area is 185 Å². The second kappa shape index (κ2) is 9.23. The highest BCUT2D eigenvalue weighted by atomic mass is 32.2. The Balaban J connectivity index is 1.45. The van der Waals surface area contributed by atoms with E-state index >= 15 is 0 Å². The summed E-state index contributed by atoms with van der Waals surface area (Å²) in [6.07, 6.45) is 0.632. The van der Waals surface area contributed by atoms with E-state index in [0.717, 1.165) is 10.6 Å². The first-order valence-corrected chi connectivity index (χ1v) is 12.1. The molecule has 3 aromatic rings. The third-order valence-electron chi connectivity index (χ3n) is 5.08. The smallest absolute Gasteiger partial charge is 0.257 e. The summed E-state index contributed by atoms with van der Waals surface area (Å²) in [7, 11) is -1.68. The predicted octanol–water partition coefficient (Wildman–Crippen LogP) is 2.32. The summed E-state index contributed by atoms with van der Waals surface area (Å²) >= 11 is 1.30. The van der Waals surface area contributed by atoms with Crippen molar-refractivity contribution in [1.29, 1.82) is 0 Å². The van der Waals surface area contributed by atoms with Crippen molar-refractivity contribution in [3.05, 3.63) is 70.7 Å². The highest BCUT2D eigenvalue weighted by Crippen LogP contribution is 2.21. The minimum atomic E-state index is -3.64. The molecule has 0 aliphatic carbocycles. The number of carbonyl (C=O) groups excluding carboxylic acids is 1. The van der Waals surface area contributed by atoms with Crippen molar-refractivity contribution >= 4 is 32.4 Å². The van der Waals surface area contributed by atoms with E-state index in [9.17, 15) is 13.2 Å². The number of hydrogen-bond donors (Lipinski definition) is 1. The van der Waals surface area contributed by atoms with Gasteiger partial charge in [0.15, 0.2) is 0 Å². The molecule has 1 aliphatic heterocycles. The Hall–Kier alpha value is -2.66. The quantitative estimate of drug-likeness (QED) is 0.610. The Morgan fingerprint density at radius 2 is 1.77 bits per heavy atom. The number of hydrogen-bond acceptors (Lipinski definition) is 7. The molecule has 0 spiro atoms. The van der Waals surface area contributed by atoms with Gasteiger partial charge in [-0.2, -0.15) is 4.31 Å². The first-order chi connectivity index (χ1) is 14.9. The molecule has 0 saturated carbocycles. The summed E-state index contributed by atoms with van der Waals surface area (Å²) in [5.41, 5.74) is 1.37. The van der Waals surface area contributed by atoms with E-state index in [-0.39, 0.29) is 10.5 Å². The van der Waals surface area contributed by atoms with Crippen molar-refractivity contribution in [1.82, 2.24) is 19.4 Å².